The van der Waals surface area contributed by atoms with Crippen molar-refractivity contribution in [1.29, 1.82) is 0 Å². The zero-order valence-electron chi connectivity index (χ0n) is 17.5. The van der Waals surface area contributed by atoms with Crippen molar-refractivity contribution in [1.82, 2.24) is 16.0 Å². The molecule has 0 aromatic heterocycles. The van der Waals surface area contributed by atoms with E-state index in [0.29, 0.717) is 17.2 Å². The van der Waals surface area contributed by atoms with Crippen molar-refractivity contribution in [3.63, 3.8) is 0 Å². The number of carbonyl (C=O) groups is 3. The highest BCUT2D eigenvalue weighted by Gasteiger charge is 2.31. The molecule has 0 saturated carbocycles. The highest BCUT2D eigenvalue weighted by molar-refractivity contribution is 6.30. The minimum atomic E-state index is -0.799. The molecule has 1 aromatic carbocycles. The summed E-state index contributed by atoms with van der Waals surface area (Å²) >= 11 is 6.06. The highest BCUT2D eigenvalue weighted by atomic mass is 35.5. The van der Waals surface area contributed by atoms with Gasteiger partial charge in [0.05, 0.1) is 11.6 Å². The van der Waals surface area contributed by atoms with Crippen LogP contribution in [0.1, 0.15) is 51.4 Å². The number of hydrogen-bond acceptors (Lipinski definition) is 4. The molecule has 0 unspecified atom stereocenters. The Labute approximate surface area is 176 Å². The zero-order chi connectivity index (χ0) is 21.7. The number of carbonyl (C=O) groups excluding carboxylic acids is 3. The first-order chi connectivity index (χ1) is 13.6. The first-order valence-electron chi connectivity index (χ1n) is 9.92. The molecule has 0 spiro atoms. The fourth-order valence-electron chi connectivity index (χ4n) is 3.12. The van der Waals surface area contributed by atoms with E-state index in [9.17, 15) is 14.4 Å². The van der Waals surface area contributed by atoms with Crippen molar-refractivity contribution >= 4 is 29.3 Å². The van der Waals surface area contributed by atoms with E-state index in [1.807, 2.05) is 27.7 Å². The molecule has 1 aliphatic rings. The van der Waals surface area contributed by atoms with E-state index in [0.717, 1.165) is 0 Å². The first kappa shape index (κ1) is 23.0. The molecule has 0 radical (unpaired) electrons. The number of amides is 3. The molecule has 29 heavy (non-hydrogen) atoms. The van der Waals surface area contributed by atoms with Gasteiger partial charge in [-0.25, -0.2) is 0 Å². The fraction of sp³-hybridized carbons (Fsp3) is 0.571. The summed E-state index contributed by atoms with van der Waals surface area (Å²) in [7, 11) is 0. The van der Waals surface area contributed by atoms with Crippen molar-refractivity contribution in [2.24, 2.45) is 11.8 Å². The minimum absolute atomic E-state index is 0.155. The van der Waals surface area contributed by atoms with Gasteiger partial charge in [0.25, 0.3) is 5.91 Å². The van der Waals surface area contributed by atoms with Crippen LogP contribution in [0.4, 0.5) is 0 Å². The van der Waals surface area contributed by atoms with Gasteiger partial charge < -0.3 is 20.7 Å². The van der Waals surface area contributed by atoms with Crippen molar-refractivity contribution in [3.8, 4) is 5.75 Å². The van der Waals surface area contributed by atoms with E-state index in [4.69, 9.17) is 16.3 Å². The standard InChI is InChI=1S/C21H30ClN3O4/c1-11(2)8-16-20(27)23-13(5)10-29-17-9-14(22)6-7-15(17)19(26)25-18(12(3)4)21(28)24-16/h6-7,9,11-13,16,18H,8,10H2,1-5H3,(H,23,27)(H,24,28)(H,25,26)/t13-,16-,18-/m0/s1. The Hall–Kier alpha value is -2.28. The van der Waals surface area contributed by atoms with Gasteiger partial charge in [-0.2, -0.15) is 0 Å². The summed E-state index contributed by atoms with van der Waals surface area (Å²) in [5.41, 5.74) is 0.282. The largest absolute Gasteiger partial charge is 0.491 e. The third-order valence-electron chi connectivity index (χ3n) is 4.64. The molecule has 8 heteroatoms. The Kier molecular flexibility index (Phi) is 7.90. The van der Waals surface area contributed by atoms with Crippen LogP contribution in [0.25, 0.3) is 0 Å². The zero-order valence-corrected chi connectivity index (χ0v) is 18.3. The molecule has 1 aliphatic heterocycles. The number of nitrogens with one attached hydrogen (secondary N) is 3. The summed E-state index contributed by atoms with van der Waals surface area (Å²) in [5.74, 6) is -0.775. The molecule has 0 saturated heterocycles. The lowest BCUT2D eigenvalue weighted by Crippen LogP contribution is -2.56. The van der Waals surface area contributed by atoms with E-state index >= 15 is 0 Å². The molecule has 0 fully saturated rings. The number of benzene rings is 1. The maximum Gasteiger partial charge on any atom is 0.255 e. The maximum atomic E-state index is 12.9. The molecule has 0 bridgehead atoms. The quantitative estimate of drug-likeness (QED) is 0.695. The second kappa shape index (κ2) is 9.96. The molecule has 2 rings (SSSR count). The van der Waals surface area contributed by atoms with Gasteiger partial charge in [0, 0.05) is 5.02 Å². The summed E-state index contributed by atoms with van der Waals surface area (Å²) < 4.78 is 5.79. The van der Waals surface area contributed by atoms with Crippen molar-refractivity contribution in [2.75, 3.05) is 6.61 Å². The van der Waals surface area contributed by atoms with Crippen LogP contribution in [0.5, 0.6) is 5.75 Å². The molecule has 1 heterocycles. The summed E-state index contributed by atoms with van der Waals surface area (Å²) in [6.45, 7) is 9.59. The second-order valence-electron chi connectivity index (χ2n) is 8.25. The Morgan fingerprint density at radius 3 is 2.38 bits per heavy atom. The second-order valence-corrected chi connectivity index (χ2v) is 8.68. The summed E-state index contributed by atoms with van der Waals surface area (Å²) in [6, 6.07) is 2.89. The Bertz CT molecular complexity index is 766. The third-order valence-corrected chi connectivity index (χ3v) is 4.88. The molecule has 3 N–H and O–H groups in total. The predicted molar refractivity (Wildman–Crippen MR) is 112 cm³/mol. The summed E-state index contributed by atoms with van der Waals surface area (Å²) in [4.78, 5) is 38.6. The van der Waals surface area contributed by atoms with Crippen molar-refractivity contribution < 1.29 is 19.1 Å². The van der Waals surface area contributed by atoms with Crippen LogP contribution in [0.2, 0.25) is 5.02 Å². The van der Waals surface area contributed by atoms with Gasteiger partial charge >= 0.3 is 0 Å². The lowest BCUT2D eigenvalue weighted by atomic mass is 9.99. The number of fused-ring (bicyclic) bond motifs is 1. The Morgan fingerprint density at radius 1 is 1.07 bits per heavy atom. The van der Waals surface area contributed by atoms with Gasteiger partial charge in [0.2, 0.25) is 11.8 Å². The van der Waals surface area contributed by atoms with Crippen molar-refractivity contribution in [2.45, 2.75) is 59.2 Å². The highest BCUT2D eigenvalue weighted by Crippen LogP contribution is 2.24. The van der Waals surface area contributed by atoms with Gasteiger partial charge in [-0.1, -0.05) is 39.3 Å². The minimum Gasteiger partial charge on any atom is -0.491 e. The molecule has 3 atom stereocenters. The Morgan fingerprint density at radius 2 is 1.76 bits per heavy atom. The van der Waals surface area contributed by atoms with E-state index in [2.05, 4.69) is 16.0 Å². The molecule has 7 nitrogen and oxygen atoms in total. The van der Waals surface area contributed by atoms with E-state index in [1.165, 1.54) is 0 Å². The van der Waals surface area contributed by atoms with Gasteiger partial charge in [-0.15, -0.1) is 0 Å². The van der Waals surface area contributed by atoms with Gasteiger partial charge in [-0.3, -0.25) is 14.4 Å². The Balaban J connectivity index is 2.41. The lowest BCUT2D eigenvalue weighted by molar-refractivity contribution is -0.131. The van der Waals surface area contributed by atoms with Crippen LogP contribution in [0.3, 0.4) is 0 Å². The monoisotopic (exact) mass is 423 g/mol. The normalized spacial score (nSPS) is 23.7. The maximum absolute atomic E-state index is 12.9. The van der Waals surface area contributed by atoms with Crippen LogP contribution in [-0.4, -0.2) is 42.5 Å². The average Bonchev–Trinajstić information content (AvgIpc) is 2.62. The lowest BCUT2D eigenvalue weighted by Gasteiger charge is -2.26. The predicted octanol–water partition coefficient (Wildman–Crippen LogP) is 2.52. The van der Waals surface area contributed by atoms with E-state index in [1.54, 1.807) is 25.1 Å². The number of halogens is 1. The number of rotatable bonds is 3. The van der Waals surface area contributed by atoms with Crippen LogP contribution in [-0.2, 0) is 9.59 Å². The van der Waals surface area contributed by atoms with E-state index < -0.39 is 23.9 Å². The fourth-order valence-corrected chi connectivity index (χ4v) is 3.28. The molecule has 160 valence electrons. The SMILES string of the molecule is CC(C)C[C@@H]1NC(=O)[C@H](C(C)C)NC(=O)c2ccc(Cl)cc2OC[C@H](C)NC1=O. The molecule has 3 amide bonds. The first-order valence-corrected chi connectivity index (χ1v) is 10.3. The topological polar surface area (TPSA) is 96.5 Å². The van der Waals surface area contributed by atoms with Crippen molar-refractivity contribution in [3.05, 3.63) is 28.8 Å². The average molecular weight is 424 g/mol. The third kappa shape index (κ3) is 6.35. The summed E-state index contributed by atoms with van der Waals surface area (Å²) in [6.07, 6.45) is 0.486. The van der Waals surface area contributed by atoms with Crippen LogP contribution in [0.15, 0.2) is 18.2 Å². The summed E-state index contributed by atoms with van der Waals surface area (Å²) in [5, 5.41) is 8.89. The van der Waals surface area contributed by atoms with Crippen LogP contribution >= 0.6 is 11.6 Å². The molecular formula is C21H30ClN3O4. The molecule has 0 aliphatic carbocycles. The number of hydrogen-bond donors (Lipinski definition) is 3. The molecule has 1 aromatic rings. The smallest absolute Gasteiger partial charge is 0.255 e. The van der Waals surface area contributed by atoms with Crippen LogP contribution in [0, 0.1) is 11.8 Å². The van der Waals surface area contributed by atoms with Gasteiger partial charge in [-0.05, 0) is 43.4 Å². The molecular weight excluding hydrogens is 394 g/mol. The van der Waals surface area contributed by atoms with Crippen LogP contribution < -0.4 is 20.7 Å². The van der Waals surface area contributed by atoms with E-state index in [-0.39, 0.29) is 36.0 Å². The van der Waals surface area contributed by atoms with Gasteiger partial charge in [0.15, 0.2) is 0 Å². The number of ether oxygens (including phenoxy) is 1. The van der Waals surface area contributed by atoms with Gasteiger partial charge in [0.1, 0.15) is 24.4 Å².